The van der Waals surface area contributed by atoms with Gasteiger partial charge >= 0.3 is 0 Å². The second kappa shape index (κ2) is 5.21. The molecule has 1 rings (SSSR count). The van der Waals surface area contributed by atoms with Gasteiger partial charge in [-0.1, -0.05) is 15.9 Å². The van der Waals surface area contributed by atoms with Gasteiger partial charge in [0.1, 0.15) is 5.75 Å². The average molecular weight is 279 g/mol. The van der Waals surface area contributed by atoms with E-state index in [0.717, 1.165) is 12.1 Å². The molecule has 0 aliphatic rings. The number of benzene rings is 1. The Morgan fingerprint density at radius 1 is 1.40 bits per heavy atom. The van der Waals surface area contributed by atoms with E-state index in [2.05, 4.69) is 15.9 Å². The first-order valence-corrected chi connectivity index (χ1v) is 5.38. The van der Waals surface area contributed by atoms with E-state index in [1.807, 2.05) is 0 Å². The number of carbonyl (C=O) groups excluding carboxylic acids is 1. The first-order chi connectivity index (χ1) is 7.04. The summed E-state index contributed by atoms with van der Waals surface area (Å²) in [4.78, 5) is 11.4. The summed E-state index contributed by atoms with van der Waals surface area (Å²) >= 11 is 3.08. The third-order valence-corrected chi connectivity index (χ3v) is 2.23. The first-order valence-electron chi connectivity index (χ1n) is 4.26. The molecule has 5 heteroatoms. The zero-order valence-corrected chi connectivity index (χ0v) is 9.30. The average Bonchev–Trinajstić information content (AvgIpc) is 2.17. The lowest BCUT2D eigenvalue weighted by molar-refractivity contribution is 0.0989. The maximum absolute atomic E-state index is 12.3. The maximum atomic E-state index is 12.3. The van der Waals surface area contributed by atoms with E-state index < -0.39 is 6.43 Å². The Morgan fingerprint density at radius 2 is 2.07 bits per heavy atom. The number of Topliss-reactive ketones (excluding diaryl/α,β-unsaturated/α-hetero) is 1. The normalized spacial score (nSPS) is 10.7. The van der Waals surface area contributed by atoms with Gasteiger partial charge in [0.2, 0.25) is 0 Å². The summed E-state index contributed by atoms with van der Waals surface area (Å²) in [5.41, 5.74) is -0.224. The monoisotopic (exact) mass is 278 g/mol. The van der Waals surface area contributed by atoms with Gasteiger partial charge in [0.15, 0.2) is 5.78 Å². The molecule has 0 aliphatic carbocycles. The van der Waals surface area contributed by atoms with E-state index in [1.54, 1.807) is 0 Å². The summed E-state index contributed by atoms with van der Waals surface area (Å²) < 4.78 is 24.7. The molecule has 0 aromatic heterocycles. The highest BCUT2D eigenvalue weighted by Crippen LogP contribution is 2.25. The van der Waals surface area contributed by atoms with Gasteiger partial charge in [0.05, 0.1) is 0 Å². The van der Waals surface area contributed by atoms with Crippen LogP contribution in [0.4, 0.5) is 8.78 Å². The Hall–Kier alpha value is -0.970. The van der Waals surface area contributed by atoms with E-state index in [9.17, 15) is 13.6 Å². The van der Waals surface area contributed by atoms with Crippen molar-refractivity contribution in [1.82, 2.24) is 0 Å². The zero-order chi connectivity index (χ0) is 11.4. The van der Waals surface area contributed by atoms with Gasteiger partial charge in [-0.2, -0.15) is 0 Å². The number of hydrogen-bond donors (Lipinski definition) is 1. The quantitative estimate of drug-likeness (QED) is 0.678. The highest BCUT2D eigenvalue weighted by molar-refractivity contribution is 9.09. The van der Waals surface area contributed by atoms with Crippen LogP contribution in [0.25, 0.3) is 0 Å². The Balaban J connectivity index is 3.03. The molecule has 1 aromatic rings. The summed E-state index contributed by atoms with van der Waals surface area (Å²) in [6.07, 6.45) is -2.47. The van der Waals surface area contributed by atoms with Crippen LogP contribution < -0.4 is 0 Å². The Labute approximate surface area is 94.0 Å². The number of carbonyl (C=O) groups is 1. The summed E-state index contributed by atoms with van der Waals surface area (Å²) in [5.74, 6) is -0.588. The molecular formula is C10H9BrF2O2. The highest BCUT2D eigenvalue weighted by atomic mass is 79.9. The summed E-state index contributed by atoms with van der Waals surface area (Å²) in [6, 6.07) is 3.25. The Bertz CT molecular complexity index is 366. The van der Waals surface area contributed by atoms with Gasteiger partial charge in [0.25, 0.3) is 6.43 Å². The molecule has 2 nitrogen and oxygen atoms in total. The minimum atomic E-state index is -2.69. The van der Waals surface area contributed by atoms with E-state index in [1.165, 1.54) is 6.07 Å². The van der Waals surface area contributed by atoms with Gasteiger partial charge in [-0.25, -0.2) is 8.78 Å². The van der Waals surface area contributed by atoms with Crippen LogP contribution in [0.3, 0.4) is 0 Å². The summed E-state index contributed by atoms with van der Waals surface area (Å²) in [6.45, 7) is 0. The molecule has 1 aromatic carbocycles. The van der Waals surface area contributed by atoms with Crippen LogP contribution in [0.1, 0.15) is 28.8 Å². The van der Waals surface area contributed by atoms with Crippen molar-refractivity contribution in [2.24, 2.45) is 0 Å². The van der Waals surface area contributed by atoms with Crippen LogP contribution in [0.5, 0.6) is 5.75 Å². The van der Waals surface area contributed by atoms with Crippen molar-refractivity contribution < 1.29 is 18.7 Å². The fourth-order valence-electron chi connectivity index (χ4n) is 1.15. The van der Waals surface area contributed by atoms with Gasteiger partial charge in [-0.3, -0.25) is 4.79 Å². The minimum absolute atomic E-state index is 0.116. The predicted molar refractivity (Wildman–Crippen MR) is 55.8 cm³/mol. The summed E-state index contributed by atoms with van der Waals surface area (Å²) in [5, 5.41) is 9.63. The molecule has 0 radical (unpaired) electrons. The number of halogens is 3. The molecule has 0 spiro atoms. The fraction of sp³-hybridized carbons (Fsp3) is 0.300. The van der Waals surface area contributed by atoms with Gasteiger partial charge in [0, 0.05) is 22.9 Å². The second-order valence-corrected chi connectivity index (χ2v) is 3.77. The van der Waals surface area contributed by atoms with E-state index in [4.69, 9.17) is 5.11 Å². The van der Waals surface area contributed by atoms with Crippen LogP contribution in [0.15, 0.2) is 18.2 Å². The molecule has 0 bridgehead atoms. The van der Waals surface area contributed by atoms with Crippen LogP contribution in [0.2, 0.25) is 0 Å². The minimum Gasteiger partial charge on any atom is -0.508 e. The van der Waals surface area contributed by atoms with Gasteiger partial charge < -0.3 is 5.11 Å². The predicted octanol–water partition coefficient (Wildman–Crippen LogP) is 3.30. The molecule has 0 aliphatic heterocycles. The van der Waals surface area contributed by atoms with Crippen molar-refractivity contribution in [2.45, 2.75) is 12.8 Å². The third-order valence-electron chi connectivity index (χ3n) is 1.84. The molecule has 15 heavy (non-hydrogen) atoms. The number of hydrogen-bond acceptors (Lipinski definition) is 2. The number of phenols is 1. The third kappa shape index (κ3) is 3.27. The van der Waals surface area contributed by atoms with Crippen molar-refractivity contribution in [1.29, 1.82) is 0 Å². The van der Waals surface area contributed by atoms with Crippen molar-refractivity contribution >= 4 is 21.7 Å². The van der Waals surface area contributed by atoms with E-state index in [-0.39, 0.29) is 29.1 Å². The van der Waals surface area contributed by atoms with Crippen molar-refractivity contribution in [3.05, 3.63) is 29.3 Å². The number of phenolic OH excluding ortho intramolecular Hbond substituents is 1. The largest absolute Gasteiger partial charge is 0.508 e. The lowest BCUT2D eigenvalue weighted by atomic mass is 10.1. The van der Waals surface area contributed by atoms with Crippen LogP contribution in [-0.2, 0) is 0 Å². The highest BCUT2D eigenvalue weighted by Gasteiger charge is 2.13. The van der Waals surface area contributed by atoms with Crippen molar-refractivity contribution in [2.75, 3.05) is 5.33 Å². The number of rotatable bonds is 4. The lowest BCUT2D eigenvalue weighted by Crippen LogP contribution is -2.00. The van der Waals surface area contributed by atoms with Crippen LogP contribution >= 0.6 is 15.9 Å². The molecule has 0 atom stereocenters. The molecule has 0 saturated carbocycles. The van der Waals surface area contributed by atoms with Crippen molar-refractivity contribution in [3.8, 4) is 5.75 Å². The lowest BCUT2D eigenvalue weighted by Gasteiger charge is -2.04. The molecule has 1 N–H and O–H groups in total. The van der Waals surface area contributed by atoms with E-state index in [0.29, 0.717) is 5.33 Å². The smallest absolute Gasteiger partial charge is 0.264 e. The SMILES string of the molecule is O=C(CCBr)c1cc(O)cc(C(F)F)c1. The number of ketones is 1. The molecule has 0 heterocycles. The molecular weight excluding hydrogens is 270 g/mol. The van der Waals surface area contributed by atoms with Gasteiger partial charge in [-0.05, 0) is 18.2 Å². The van der Waals surface area contributed by atoms with Crippen LogP contribution in [-0.4, -0.2) is 16.2 Å². The topological polar surface area (TPSA) is 37.3 Å². The molecule has 0 saturated heterocycles. The standard InChI is InChI=1S/C10H9BrF2O2/c11-2-1-9(15)6-3-7(10(12)13)5-8(14)4-6/h3-5,10,14H,1-2H2. The number of aromatic hydroxyl groups is 1. The fourth-order valence-corrected chi connectivity index (χ4v) is 1.51. The van der Waals surface area contributed by atoms with Gasteiger partial charge in [-0.15, -0.1) is 0 Å². The Kier molecular flexibility index (Phi) is 4.20. The first kappa shape index (κ1) is 12.1. The van der Waals surface area contributed by atoms with Crippen molar-refractivity contribution in [3.63, 3.8) is 0 Å². The number of alkyl halides is 3. The maximum Gasteiger partial charge on any atom is 0.264 e. The molecule has 0 amide bonds. The molecule has 0 unspecified atom stereocenters. The molecule has 82 valence electrons. The summed E-state index contributed by atoms with van der Waals surface area (Å²) in [7, 11) is 0. The Morgan fingerprint density at radius 3 is 2.60 bits per heavy atom. The molecule has 0 fully saturated rings. The zero-order valence-electron chi connectivity index (χ0n) is 7.71. The van der Waals surface area contributed by atoms with Crippen LogP contribution in [0, 0.1) is 0 Å². The second-order valence-electron chi connectivity index (χ2n) is 2.98. The van der Waals surface area contributed by atoms with E-state index >= 15 is 0 Å².